The van der Waals surface area contributed by atoms with Crippen LogP contribution in [0.15, 0.2) is 0 Å². The fourth-order valence-electron chi connectivity index (χ4n) is 1.10. The third-order valence-electron chi connectivity index (χ3n) is 1.47. The van der Waals surface area contributed by atoms with E-state index in [-0.39, 0.29) is 5.91 Å². The highest BCUT2D eigenvalue weighted by molar-refractivity contribution is 6.48. The van der Waals surface area contributed by atoms with Gasteiger partial charge in [0.2, 0.25) is 5.91 Å². The summed E-state index contributed by atoms with van der Waals surface area (Å²) in [6, 6.07) is 0. The van der Waals surface area contributed by atoms with Gasteiger partial charge in [-0.05, 0) is 0 Å². The van der Waals surface area contributed by atoms with Crippen molar-refractivity contribution in [2.45, 2.75) is 38.8 Å². The minimum absolute atomic E-state index is 0.147. The van der Waals surface area contributed by atoms with Crippen LogP contribution in [0.4, 0.5) is 0 Å². The lowest BCUT2D eigenvalue weighted by Gasteiger charge is -2.22. The Hall–Kier alpha value is -0.505. The Kier molecular flexibility index (Phi) is 3.59. The van der Waals surface area contributed by atoms with Gasteiger partial charge in [0, 0.05) is 5.31 Å². The lowest BCUT2D eigenvalue weighted by atomic mass is 9.47. The van der Waals surface area contributed by atoms with E-state index in [2.05, 4.69) is 5.43 Å². The molecule has 0 aromatic rings. The molecule has 1 radical (unpaired) electrons. The number of nitrogens with one attached hydrogen (secondary N) is 1. The molecule has 0 aliphatic rings. The highest BCUT2D eigenvalue weighted by Crippen LogP contribution is 2.26. The van der Waals surface area contributed by atoms with Gasteiger partial charge in [-0.2, -0.15) is 0 Å². The fourth-order valence-corrected chi connectivity index (χ4v) is 1.10. The highest BCUT2D eigenvalue weighted by Gasteiger charge is 2.28. The van der Waals surface area contributed by atoms with E-state index in [9.17, 15) is 4.79 Å². The molecule has 0 bridgehead atoms. The summed E-state index contributed by atoms with van der Waals surface area (Å²) in [4.78, 5) is 11.1. The van der Waals surface area contributed by atoms with Crippen LogP contribution in [0.2, 0.25) is 11.1 Å². The second-order valence-corrected chi connectivity index (χ2v) is 3.61. The number of carbonyl (C=O) groups excluding carboxylic acids is 1. The van der Waals surface area contributed by atoms with Gasteiger partial charge < -0.3 is 0 Å². The maximum Gasteiger partial charge on any atom is 0.231 e. The van der Waals surface area contributed by atoms with Crippen LogP contribution in [-0.4, -0.2) is 13.2 Å². The van der Waals surface area contributed by atoms with Crippen LogP contribution >= 0.6 is 0 Å². The Bertz CT molecular complexity index is 145. The van der Waals surface area contributed by atoms with E-state index >= 15 is 0 Å². The summed E-state index contributed by atoms with van der Waals surface area (Å²) >= 11 is 0. The van der Waals surface area contributed by atoms with Gasteiger partial charge in [0.05, 0.1) is 0 Å². The number of hydrazine groups is 1. The molecule has 0 aromatic heterocycles. The summed E-state index contributed by atoms with van der Waals surface area (Å²) in [6.45, 7) is 7.75. The molecule has 0 saturated carbocycles. The predicted molar refractivity (Wildman–Crippen MR) is 47.2 cm³/mol. The molecule has 4 heteroatoms. The van der Waals surface area contributed by atoms with Gasteiger partial charge in [-0.15, -0.1) is 0 Å². The first kappa shape index (κ1) is 10.5. The van der Waals surface area contributed by atoms with E-state index in [1.165, 1.54) is 0 Å². The molecule has 0 aliphatic heterocycles. The van der Waals surface area contributed by atoms with Gasteiger partial charge in [0.15, 0.2) is 0 Å². The van der Waals surface area contributed by atoms with Crippen molar-refractivity contribution in [3.63, 3.8) is 0 Å². The molecule has 3 N–H and O–H groups in total. The van der Waals surface area contributed by atoms with Crippen LogP contribution in [0.1, 0.15) is 27.7 Å². The fraction of sp³-hybridized carbons (Fsp3) is 0.857. The van der Waals surface area contributed by atoms with Crippen LogP contribution in [0, 0.1) is 0 Å². The molecule has 1 amide bonds. The van der Waals surface area contributed by atoms with Crippen LogP contribution < -0.4 is 11.3 Å². The molecule has 0 aromatic carbocycles. The zero-order valence-electron chi connectivity index (χ0n) is 7.64. The molecule has 0 unspecified atom stereocenters. The van der Waals surface area contributed by atoms with Crippen molar-refractivity contribution in [3.05, 3.63) is 0 Å². The predicted octanol–water partition coefficient (Wildman–Crippen LogP) is 0.707. The van der Waals surface area contributed by atoms with Gasteiger partial charge >= 0.3 is 0 Å². The topological polar surface area (TPSA) is 55.1 Å². The van der Waals surface area contributed by atoms with Crippen LogP contribution in [0.3, 0.4) is 0 Å². The summed E-state index contributed by atoms with van der Waals surface area (Å²) in [6.07, 6.45) is 0. The van der Waals surface area contributed by atoms with Crippen LogP contribution in [0.25, 0.3) is 0 Å². The molecule has 0 atom stereocenters. The zero-order valence-corrected chi connectivity index (χ0v) is 7.64. The third-order valence-corrected chi connectivity index (χ3v) is 1.47. The maximum atomic E-state index is 11.1. The Labute approximate surface area is 68.9 Å². The lowest BCUT2D eigenvalue weighted by Crippen LogP contribution is -2.40. The molecule has 11 heavy (non-hydrogen) atoms. The number of carbonyl (C=O) groups is 1. The minimum Gasteiger partial charge on any atom is -0.294 e. The molecule has 63 valence electrons. The highest BCUT2D eigenvalue weighted by atomic mass is 16.2. The van der Waals surface area contributed by atoms with E-state index in [1.54, 1.807) is 0 Å². The van der Waals surface area contributed by atoms with Crippen molar-refractivity contribution in [2.24, 2.45) is 5.84 Å². The molecule has 0 spiro atoms. The average molecular weight is 155 g/mol. The van der Waals surface area contributed by atoms with E-state index < -0.39 is 5.31 Å². The largest absolute Gasteiger partial charge is 0.294 e. The first-order valence-corrected chi connectivity index (χ1v) is 3.77. The van der Waals surface area contributed by atoms with Gasteiger partial charge in [-0.1, -0.05) is 33.5 Å². The standard InChI is InChI=1S/C7H16BN2O/c1-5(2)8-7(3,4)6(11)10-9/h5H,9H2,1-4H3,(H,10,11). The Morgan fingerprint density at radius 3 is 2.27 bits per heavy atom. The summed E-state index contributed by atoms with van der Waals surface area (Å²) in [7, 11) is 1.97. The Balaban J connectivity index is 4.09. The Morgan fingerprint density at radius 2 is 2.00 bits per heavy atom. The number of hydrogen-bond acceptors (Lipinski definition) is 2. The molecule has 0 heterocycles. The summed E-state index contributed by atoms with van der Waals surface area (Å²) in [5, 5.41) is -0.469. The summed E-state index contributed by atoms with van der Waals surface area (Å²) in [5.74, 6) is 5.26. The molecule has 0 aliphatic carbocycles. The second kappa shape index (κ2) is 3.76. The summed E-state index contributed by atoms with van der Waals surface area (Å²) < 4.78 is 0. The molecule has 0 rings (SSSR count). The lowest BCUT2D eigenvalue weighted by molar-refractivity contribution is -0.123. The van der Waals surface area contributed by atoms with Crippen molar-refractivity contribution in [2.75, 3.05) is 0 Å². The average Bonchev–Trinajstić information content (AvgIpc) is 1.83. The van der Waals surface area contributed by atoms with Crippen LogP contribution in [0.5, 0.6) is 0 Å². The van der Waals surface area contributed by atoms with E-state index in [1.807, 2.05) is 35.0 Å². The van der Waals surface area contributed by atoms with Crippen molar-refractivity contribution in [1.82, 2.24) is 5.43 Å². The van der Waals surface area contributed by atoms with E-state index in [0.29, 0.717) is 5.82 Å². The number of hydrogen-bond donors (Lipinski definition) is 2. The van der Waals surface area contributed by atoms with Gasteiger partial charge in [-0.25, -0.2) is 5.84 Å². The van der Waals surface area contributed by atoms with Crippen molar-refractivity contribution < 1.29 is 4.79 Å². The molecular weight excluding hydrogens is 139 g/mol. The van der Waals surface area contributed by atoms with Crippen LogP contribution in [-0.2, 0) is 4.79 Å². The maximum absolute atomic E-state index is 11.1. The van der Waals surface area contributed by atoms with Crippen molar-refractivity contribution in [3.8, 4) is 0 Å². The van der Waals surface area contributed by atoms with E-state index in [4.69, 9.17) is 5.84 Å². The quantitative estimate of drug-likeness (QED) is 0.273. The first-order valence-electron chi connectivity index (χ1n) is 3.77. The van der Waals surface area contributed by atoms with Gasteiger partial charge in [0.1, 0.15) is 7.28 Å². The monoisotopic (exact) mass is 155 g/mol. The zero-order chi connectivity index (χ0) is 9.07. The van der Waals surface area contributed by atoms with Crippen molar-refractivity contribution >= 4 is 13.2 Å². The second-order valence-electron chi connectivity index (χ2n) is 3.61. The molecule has 0 fully saturated rings. The number of amides is 1. The van der Waals surface area contributed by atoms with Gasteiger partial charge in [-0.3, -0.25) is 10.2 Å². The molecule has 3 nitrogen and oxygen atoms in total. The SMILES string of the molecule is CC(C)[B]C(C)(C)C(=O)NN. The minimum atomic E-state index is -0.469. The third kappa shape index (κ3) is 3.42. The number of rotatable bonds is 3. The van der Waals surface area contributed by atoms with Gasteiger partial charge in [0.25, 0.3) is 0 Å². The van der Waals surface area contributed by atoms with E-state index in [0.717, 1.165) is 0 Å². The molecular formula is C7H16BN2O. The molecule has 0 saturated heterocycles. The number of nitrogens with two attached hydrogens (primary N) is 1. The smallest absolute Gasteiger partial charge is 0.231 e. The Morgan fingerprint density at radius 1 is 1.55 bits per heavy atom. The normalized spacial score (nSPS) is 11.5. The van der Waals surface area contributed by atoms with Crippen molar-refractivity contribution in [1.29, 1.82) is 0 Å². The summed E-state index contributed by atoms with van der Waals surface area (Å²) in [5.41, 5.74) is 2.14. The first-order chi connectivity index (χ1) is 4.90.